The van der Waals surface area contributed by atoms with Gasteiger partial charge in [-0.3, -0.25) is 9.59 Å². The van der Waals surface area contributed by atoms with Gasteiger partial charge in [-0.25, -0.2) is 0 Å². The summed E-state index contributed by atoms with van der Waals surface area (Å²) in [4.78, 5) is 24.1. The van der Waals surface area contributed by atoms with Gasteiger partial charge in [-0.1, -0.05) is 76.2 Å². The Kier molecular flexibility index (Phi) is 29.4. The maximum Gasteiger partial charge on any atom is 0.201 e. The van der Waals surface area contributed by atoms with Crippen molar-refractivity contribution in [1.29, 1.82) is 0 Å². The molecule has 0 fully saturated rings. The van der Waals surface area contributed by atoms with Crippen molar-refractivity contribution in [3.05, 3.63) is 113 Å². The van der Waals surface area contributed by atoms with Gasteiger partial charge in [0.2, 0.25) is 10.9 Å². The molecule has 0 heterocycles. The van der Waals surface area contributed by atoms with Crippen LogP contribution < -0.4 is 21.5 Å². The van der Waals surface area contributed by atoms with Crippen LogP contribution in [-0.2, 0) is 98.1 Å². The molecule has 3 rings (SSSR count). The summed E-state index contributed by atoms with van der Waals surface area (Å²) < 4.78 is 0. The van der Waals surface area contributed by atoms with E-state index in [9.17, 15) is 9.59 Å². The summed E-state index contributed by atoms with van der Waals surface area (Å²) in [6.45, 7) is 8.00. The molecular formula is C25H31N2O2Y3-. The zero-order valence-corrected chi connectivity index (χ0v) is 28.1. The predicted octanol–water partition coefficient (Wildman–Crippen LogP) is 6.39. The average Bonchev–Trinajstić information content (AvgIpc) is 3.07. The van der Waals surface area contributed by atoms with Gasteiger partial charge < -0.3 is 18.1 Å². The Morgan fingerprint density at radius 3 is 1.03 bits per heavy atom. The van der Waals surface area contributed by atoms with E-state index in [0.717, 1.165) is 0 Å². The Hall–Kier alpha value is -0.0883. The Balaban J connectivity index is -0.000000464. The number of hydrogen-bond donors (Lipinski definition) is 2. The van der Waals surface area contributed by atoms with Crippen molar-refractivity contribution in [2.75, 3.05) is 10.6 Å². The second-order valence-electron chi connectivity index (χ2n) is 5.17. The SMILES string of the molecule is CC.CC.O=c1cccccc1Nc1ccccc1Nc1cccccc1=O.[CH3-].[Y].[Y].[Y]. The fraction of sp³-hybridized carbons (Fsp3) is 0.160. The summed E-state index contributed by atoms with van der Waals surface area (Å²) in [5, 5.41) is 6.26. The molecule has 0 saturated heterocycles. The van der Waals surface area contributed by atoms with Crippen LogP contribution in [0.2, 0.25) is 0 Å². The van der Waals surface area contributed by atoms with Crippen LogP contribution in [0.5, 0.6) is 0 Å². The van der Waals surface area contributed by atoms with Gasteiger partial charge in [-0.05, 0) is 36.4 Å². The van der Waals surface area contributed by atoms with E-state index in [1.807, 2.05) is 52.0 Å². The minimum Gasteiger partial charge on any atom is -0.358 e. The van der Waals surface area contributed by atoms with Gasteiger partial charge in [-0.2, -0.15) is 0 Å². The predicted molar refractivity (Wildman–Crippen MR) is 128 cm³/mol. The van der Waals surface area contributed by atoms with Crippen molar-refractivity contribution in [3.8, 4) is 0 Å². The standard InChI is InChI=1S/C20H16N2O2.2C2H6.CH3.3Y/c23-19-13-5-1-3-11-17(19)21-15-9-7-8-10-16(15)22-18-12-4-2-6-14-20(18)24;2*1-2;;;;/h1-14H,(H,21,23)(H,22,24);2*1-2H3;1H3;;;/q;;;-1;;;. The molecule has 3 aromatic carbocycles. The van der Waals surface area contributed by atoms with E-state index in [2.05, 4.69) is 10.6 Å². The van der Waals surface area contributed by atoms with Crippen molar-refractivity contribution in [3.63, 3.8) is 0 Å². The number of para-hydroxylation sites is 2. The van der Waals surface area contributed by atoms with E-state index in [1.165, 1.54) is 12.1 Å². The summed E-state index contributed by atoms with van der Waals surface area (Å²) in [6, 6.07) is 24.5. The molecule has 4 nitrogen and oxygen atoms in total. The molecule has 0 aliphatic rings. The molecule has 32 heavy (non-hydrogen) atoms. The molecular weight excluding hydrogens is 627 g/mol. The van der Waals surface area contributed by atoms with Crippen LogP contribution in [0.25, 0.3) is 0 Å². The van der Waals surface area contributed by atoms with Crippen molar-refractivity contribution >= 4 is 22.7 Å². The third-order valence-electron chi connectivity index (χ3n) is 3.46. The Labute approximate surface area is 268 Å². The smallest absolute Gasteiger partial charge is 0.201 e. The molecule has 2 N–H and O–H groups in total. The summed E-state index contributed by atoms with van der Waals surface area (Å²) in [7, 11) is 0. The third kappa shape index (κ3) is 13.6. The average molecular weight is 658 g/mol. The molecule has 0 aliphatic heterocycles. The minimum absolute atomic E-state index is 0. The first kappa shape index (κ1) is 39.1. The number of hydrogen-bond acceptors (Lipinski definition) is 4. The van der Waals surface area contributed by atoms with Crippen molar-refractivity contribution in [1.82, 2.24) is 0 Å². The fourth-order valence-corrected chi connectivity index (χ4v) is 2.26. The van der Waals surface area contributed by atoms with E-state index >= 15 is 0 Å². The van der Waals surface area contributed by atoms with Crippen LogP contribution in [0.3, 0.4) is 0 Å². The largest absolute Gasteiger partial charge is 0.358 e. The maximum absolute atomic E-state index is 12.1. The third-order valence-corrected chi connectivity index (χ3v) is 3.46. The number of nitrogens with one attached hydrogen (secondary N) is 2. The Morgan fingerprint density at radius 2 is 0.688 bits per heavy atom. The van der Waals surface area contributed by atoms with E-state index in [4.69, 9.17) is 0 Å². The molecule has 0 saturated carbocycles. The second kappa shape index (κ2) is 24.0. The van der Waals surface area contributed by atoms with E-state index in [1.54, 1.807) is 48.5 Å². The molecule has 0 aliphatic carbocycles. The van der Waals surface area contributed by atoms with Crippen molar-refractivity contribution < 1.29 is 98.1 Å². The van der Waals surface area contributed by atoms with Crippen LogP contribution in [-0.4, -0.2) is 0 Å². The van der Waals surface area contributed by atoms with Crippen LogP contribution in [0.1, 0.15) is 27.7 Å². The quantitative estimate of drug-likeness (QED) is 0.320. The molecule has 7 heteroatoms. The van der Waals surface area contributed by atoms with Crippen LogP contribution in [0.15, 0.2) is 94.5 Å². The molecule has 0 unspecified atom stereocenters. The molecule has 0 atom stereocenters. The fourth-order valence-electron chi connectivity index (χ4n) is 2.26. The van der Waals surface area contributed by atoms with Crippen LogP contribution >= 0.6 is 0 Å². The first-order valence-electron chi connectivity index (χ1n) is 9.56. The normalized spacial score (nSPS) is 7.88. The summed E-state index contributed by atoms with van der Waals surface area (Å²) in [5.74, 6) is 0. The van der Waals surface area contributed by atoms with E-state index < -0.39 is 0 Å². The van der Waals surface area contributed by atoms with Gasteiger partial charge >= 0.3 is 0 Å². The molecule has 0 bridgehead atoms. The molecule has 0 amide bonds. The Morgan fingerprint density at radius 1 is 0.438 bits per heavy atom. The van der Waals surface area contributed by atoms with Gasteiger partial charge in [0, 0.05) is 98.1 Å². The van der Waals surface area contributed by atoms with Crippen molar-refractivity contribution in [2.24, 2.45) is 0 Å². The molecule has 3 aromatic rings. The zero-order valence-electron chi connectivity index (χ0n) is 19.6. The number of benzene rings is 1. The minimum atomic E-state index is -0.106. The first-order valence-corrected chi connectivity index (χ1v) is 9.56. The maximum atomic E-state index is 12.1. The monoisotopic (exact) mass is 658 g/mol. The molecule has 3 radical (unpaired) electrons. The topological polar surface area (TPSA) is 58.2 Å². The van der Waals surface area contributed by atoms with Gasteiger partial charge in [0.15, 0.2) is 0 Å². The molecule has 163 valence electrons. The van der Waals surface area contributed by atoms with Gasteiger partial charge in [0.05, 0.1) is 22.7 Å². The van der Waals surface area contributed by atoms with Crippen molar-refractivity contribution in [2.45, 2.75) is 27.7 Å². The van der Waals surface area contributed by atoms with Gasteiger partial charge in [0.25, 0.3) is 0 Å². The van der Waals surface area contributed by atoms with Crippen LogP contribution in [0, 0.1) is 7.43 Å². The molecule has 0 spiro atoms. The van der Waals surface area contributed by atoms with Gasteiger partial charge in [0.1, 0.15) is 0 Å². The zero-order chi connectivity index (χ0) is 20.8. The van der Waals surface area contributed by atoms with E-state index in [-0.39, 0.29) is 116 Å². The first-order chi connectivity index (χ1) is 13.7. The van der Waals surface area contributed by atoms with E-state index in [0.29, 0.717) is 22.7 Å². The number of anilines is 4. The van der Waals surface area contributed by atoms with Gasteiger partial charge in [-0.15, -0.1) is 0 Å². The molecule has 0 aromatic heterocycles. The Bertz CT molecular complexity index is 907. The summed E-state index contributed by atoms with van der Waals surface area (Å²) in [5.41, 5.74) is 2.15. The second-order valence-corrected chi connectivity index (χ2v) is 5.17. The summed E-state index contributed by atoms with van der Waals surface area (Å²) in [6.07, 6.45) is 0. The number of rotatable bonds is 4. The summed E-state index contributed by atoms with van der Waals surface area (Å²) >= 11 is 0. The van der Waals surface area contributed by atoms with Crippen LogP contribution in [0.4, 0.5) is 22.7 Å².